The van der Waals surface area contributed by atoms with Crippen LogP contribution in [0.15, 0.2) is 59.5 Å². The number of piperidine rings is 1. The zero-order valence-corrected chi connectivity index (χ0v) is 16.4. The van der Waals surface area contributed by atoms with Crippen LogP contribution in [0.4, 0.5) is 5.69 Å². The lowest BCUT2D eigenvalue weighted by molar-refractivity contribution is -0.114. The van der Waals surface area contributed by atoms with Gasteiger partial charge in [0.15, 0.2) is 0 Å². The Labute approximate surface area is 164 Å². The molecular formula is C20H23N3O4S. The molecule has 0 radical (unpaired) electrons. The van der Waals surface area contributed by atoms with Gasteiger partial charge in [-0.15, -0.1) is 0 Å². The van der Waals surface area contributed by atoms with E-state index in [1.165, 1.54) is 6.92 Å². The summed E-state index contributed by atoms with van der Waals surface area (Å²) in [7, 11) is -3.55. The number of sulfonamides is 1. The fraction of sp³-hybridized carbons (Fsp3) is 0.300. The summed E-state index contributed by atoms with van der Waals surface area (Å²) in [5.74, 6) is -0.266. The summed E-state index contributed by atoms with van der Waals surface area (Å²) in [5, 5.41) is 2.66. The standard InChI is InChI=1S/C20H23N3O4S/c1-15(24)21-17-9-7-16(8-10-17)20(25)23-13-11-18(12-14-23)22-28(26,27)19-5-3-2-4-6-19/h2-10,18,22H,11-14H2,1H3,(H,21,24). The van der Waals surface area contributed by atoms with Gasteiger partial charge in [-0.1, -0.05) is 18.2 Å². The summed E-state index contributed by atoms with van der Waals surface area (Å²) >= 11 is 0. The third-order valence-corrected chi connectivity index (χ3v) is 6.15. The Bertz CT molecular complexity index is 935. The van der Waals surface area contributed by atoms with Crippen LogP contribution in [0.1, 0.15) is 30.1 Å². The maximum Gasteiger partial charge on any atom is 0.253 e. The fourth-order valence-electron chi connectivity index (χ4n) is 3.17. The number of benzene rings is 2. The second kappa shape index (κ2) is 8.53. The summed E-state index contributed by atoms with van der Waals surface area (Å²) in [6.07, 6.45) is 1.11. The first-order chi connectivity index (χ1) is 13.3. The van der Waals surface area contributed by atoms with Gasteiger partial charge in [0.25, 0.3) is 5.91 Å². The van der Waals surface area contributed by atoms with E-state index in [1.54, 1.807) is 59.5 Å². The van der Waals surface area contributed by atoms with E-state index in [1.807, 2.05) is 0 Å². The van der Waals surface area contributed by atoms with Crippen molar-refractivity contribution in [3.8, 4) is 0 Å². The minimum Gasteiger partial charge on any atom is -0.339 e. The number of likely N-dealkylation sites (tertiary alicyclic amines) is 1. The van der Waals surface area contributed by atoms with Crippen LogP contribution in [0.2, 0.25) is 0 Å². The van der Waals surface area contributed by atoms with Crippen molar-refractivity contribution < 1.29 is 18.0 Å². The van der Waals surface area contributed by atoms with Crippen LogP contribution in [0, 0.1) is 0 Å². The SMILES string of the molecule is CC(=O)Nc1ccc(C(=O)N2CCC(NS(=O)(=O)c3ccccc3)CC2)cc1. The second-order valence-electron chi connectivity index (χ2n) is 6.76. The number of carbonyl (C=O) groups excluding carboxylic acids is 2. The molecule has 2 aromatic rings. The van der Waals surface area contributed by atoms with Crippen molar-refractivity contribution in [3.05, 3.63) is 60.2 Å². The number of carbonyl (C=O) groups is 2. The van der Waals surface area contributed by atoms with E-state index in [2.05, 4.69) is 10.0 Å². The zero-order valence-electron chi connectivity index (χ0n) is 15.6. The Morgan fingerprint density at radius 3 is 2.14 bits per heavy atom. The lowest BCUT2D eigenvalue weighted by Crippen LogP contribution is -2.46. The van der Waals surface area contributed by atoms with Gasteiger partial charge < -0.3 is 10.2 Å². The minimum atomic E-state index is -3.55. The Kier molecular flexibility index (Phi) is 6.11. The van der Waals surface area contributed by atoms with Crippen molar-refractivity contribution in [3.63, 3.8) is 0 Å². The highest BCUT2D eigenvalue weighted by Crippen LogP contribution is 2.18. The van der Waals surface area contributed by atoms with Crippen molar-refractivity contribution in [2.75, 3.05) is 18.4 Å². The molecule has 1 aliphatic heterocycles. The van der Waals surface area contributed by atoms with Crippen LogP contribution in [0.5, 0.6) is 0 Å². The van der Waals surface area contributed by atoms with Crippen LogP contribution in [0.3, 0.4) is 0 Å². The van der Waals surface area contributed by atoms with Crippen molar-refractivity contribution in [1.82, 2.24) is 9.62 Å². The first-order valence-electron chi connectivity index (χ1n) is 9.09. The Hall–Kier alpha value is -2.71. The first-order valence-corrected chi connectivity index (χ1v) is 10.6. The summed E-state index contributed by atoms with van der Waals surface area (Å²) in [4.78, 5) is 25.7. The Balaban J connectivity index is 1.56. The number of rotatable bonds is 5. The predicted octanol–water partition coefficient (Wildman–Crippen LogP) is 2.23. The normalized spacial score (nSPS) is 15.2. The van der Waals surface area contributed by atoms with Gasteiger partial charge in [0.1, 0.15) is 0 Å². The van der Waals surface area contributed by atoms with E-state index < -0.39 is 10.0 Å². The molecule has 8 heteroatoms. The fourth-order valence-corrected chi connectivity index (χ4v) is 4.50. The first kappa shape index (κ1) is 20.0. The average Bonchev–Trinajstić information content (AvgIpc) is 2.69. The summed E-state index contributed by atoms with van der Waals surface area (Å²) in [5.41, 5.74) is 1.18. The molecule has 7 nitrogen and oxygen atoms in total. The lowest BCUT2D eigenvalue weighted by atomic mass is 10.0. The second-order valence-corrected chi connectivity index (χ2v) is 8.47. The molecule has 0 aromatic heterocycles. The highest BCUT2D eigenvalue weighted by molar-refractivity contribution is 7.89. The maximum absolute atomic E-state index is 12.6. The summed E-state index contributed by atoms with van der Waals surface area (Å²) in [6, 6.07) is 14.8. The van der Waals surface area contributed by atoms with Gasteiger partial charge in [0.2, 0.25) is 15.9 Å². The van der Waals surface area contributed by atoms with Crippen LogP contribution >= 0.6 is 0 Å². The van der Waals surface area contributed by atoms with E-state index in [0.29, 0.717) is 37.2 Å². The molecule has 0 saturated carbocycles. The molecule has 2 N–H and O–H groups in total. The van der Waals surface area contributed by atoms with Gasteiger partial charge in [-0.05, 0) is 49.2 Å². The molecule has 0 unspecified atom stereocenters. The molecular weight excluding hydrogens is 378 g/mol. The van der Waals surface area contributed by atoms with E-state index >= 15 is 0 Å². The molecule has 0 atom stereocenters. The maximum atomic E-state index is 12.6. The minimum absolute atomic E-state index is 0.0984. The Morgan fingerprint density at radius 1 is 0.964 bits per heavy atom. The molecule has 1 heterocycles. The largest absolute Gasteiger partial charge is 0.339 e. The van der Waals surface area contributed by atoms with Crippen molar-refractivity contribution in [2.24, 2.45) is 0 Å². The number of nitrogens with one attached hydrogen (secondary N) is 2. The highest BCUT2D eigenvalue weighted by atomic mass is 32.2. The van der Waals surface area contributed by atoms with Gasteiger partial charge in [0, 0.05) is 37.3 Å². The van der Waals surface area contributed by atoms with Gasteiger partial charge in [0.05, 0.1) is 4.90 Å². The average molecular weight is 401 g/mol. The molecule has 1 fully saturated rings. The van der Waals surface area contributed by atoms with E-state index in [-0.39, 0.29) is 22.8 Å². The third kappa shape index (κ3) is 4.96. The molecule has 28 heavy (non-hydrogen) atoms. The topological polar surface area (TPSA) is 95.6 Å². The van der Waals surface area contributed by atoms with Gasteiger partial charge in [-0.25, -0.2) is 13.1 Å². The number of hydrogen-bond donors (Lipinski definition) is 2. The molecule has 1 saturated heterocycles. The third-order valence-electron chi connectivity index (χ3n) is 4.61. The van der Waals surface area contributed by atoms with Crippen LogP contribution < -0.4 is 10.0 Å². The van der Waals surface area contributed by atoms with Crippen molar-refractivity contribution in [1.29, 1.82) is 0 Å². The van der Waals surface area contributed by atoms with E-state index in [9.17, 15) is 18.0 Å². The quantitative estimate of drug-likeness (QED) is 0.803. The molecule has 0 aliphatic carbocycles. The van der Waals surface area contributed by atoms with Gasteiger partial charge >= 0.3 is 0 Å². The van der Waals surface area contributed by atoms with E-state index in [0.717, 1.165) is 0 Å². The highest BCUT2D eigenvalue weighted by Gasteiger charge is 2.27. The van der Waals surface area contributed by atoms with Crippen LogP contribution in [-0.2, 0) is 14.8 Å². The number of nitrogens with zero attached hydrogens (tertiary/aromatic N) is 1. The van der Waals surface area contributed by atoms with Gasteiger partial charge in [-0.2, -0.15) is 0 Å². The predicted molar refractivity (Wildman–Crippen MR) is 106 cm³/mol. The van der Waals surface area contributed by atoms with Gasteiger partial charge in [-0.3, -0.25) is 9.59 Å². The molecule has 2 amide bonds. The van der Waals surface area contributed by atoms with E-state index in [4.69, 9.17) is 0 Å². The summed E-state index contributed by atoms with van der Waals surface area (Å²) < 4.78 is 27.6. The molecule has 0 spiro atoms. The lowest BCUT2D eigenvalue weighted by Gasteiger charge is -2.32. The summed E-state index contributed by atoms with van der Waals surface area (Å²) in [6.45, 7) is 2.39. The number of anilines is 1. The van der Waals surface area contributed by atoms with Crippen molar-refractivity contribution in [2.45, 2.75) is 30.7 Å². The molecule has 0 bridgehead atoms. The molecule has 1 aliphatic rings. The molecule has 3 rings (SSSR count). The van der Waals surface area contributed by atoms with Crippen molar-refractivity contribution >= 4 is 27.5 Å². The van der Waals surface area contributed by atoms with Crippen LogP contribution in [-0.4, -0.2) is 44.3 Å². The Morgan fingerprint density at radius 2 is 1.57 bits per heavy atom. The molecule has 148 valence electrons. The number of hydrogen-bond acceptors (Lipinski definition) is 4. The molecule has 2 aromatic carbocycles. The zero-order chi connectivity index (χ0) is 20.1. The monoisotopic (exact) mass is 401 g/mol. The van der Waals surface area contributed by atoms with Crippen LogP contribution in [0.25, 0.3) is 0 Å². The smallest absolute Gasteiger partial charge is 0.253 e. The number of amides is 2.